The fourth-order valence-corrected chi connectivity index (χ4v) is 11.5. The molecule has 0 N–H and O–H groups in total. The number of fused-ring (bicyclic) bond motifs is 7. The molecule has 4 nitrogen and oxygen atoms in total. The van der Waals surface area contributed by atoms with E-state index in [4.69, 9.17) is 9.47 Å². The molecule has 0 radical (unpaired) electrons. The molecule has 0 bridgehead atoms. The predicted octanol–water partition coefficient (Wildman–Crippen LogP) is 12.9. The van der Waals surface area contributed by atoms with E-state index in [0.717, 1.165) is 28.6 Å². The zero-order valence-corrected chi connectivity index (χ0v) is 34.9. The quantitative estimate of drug-likeness (QED) is 0.166. The number of hydrogen-bond donors (Lipinski definition) is 0. The fourth-order valence-electron chi connectivity index (χ4n) is 9.38. The first-order valence-electron chi connectivity index (χ1n) is 20.3. The van der Waals surface area contributed by atoms with Gasteiger partial charge in [-0.1, -0.05) is 93.6 Å². The predicted molar refractivity (Wildman–Crippen MR) is 252 cm³/mol. The smallest absolute Gasteiger partial charge is 0.252 e. The number of nitrogens with zero attached hydrogens (tertiary/aromatic N) is 2. The molecule has 3 aliphatic heterocycles. The van der Waals surface area contributed by atoms with Crippen LogP contribution in [0.3, 0.4) is 0 Å². The number of ether oxygens (including phenoxy) is 2. The molecule has 59 heavy (non-hydrogen) atoms. The number of aryl methyl sites for hydroxylation is 1. The van der Waals surface area contributed by atoms with Gasteiger partial charge in [0, 0.05) is 59.3 Å². The van der Waals surface area contributed by atoms with Crippen LogP contribution in [0.5, 0.6) is 11.5 Å². The zero-order valence-electron chi connectivity index (χ0n) is 33.2. The first kappa shape index (κ1) is 34.7. The van der Waals surface area contributed by atoms with E-state index >= 15 is 0 Å². The van der Waals surface area contributed by atoms with Crippen molar-refractivity contribution < 1.29 is 9.47 Å². The highest BCUT2D eigenvalue weighted by Crippen LogP contribution is 2.49. The molecular weight excluding hydrogens is 760 g/mol. The molecule has 7 aromatic carbocycles. The Bertz CT molecular complexity index is 3110. The Balaban J connectivity index is 1.12. The van der Waals surface area contributed by atoms with Crippen molar-refractivity contribution in [3.05, 3.63) is 163 Å². The second-order valence-corrected chi connectivity index (χ2v) is 19.2. The summed E-state index contributed by atoms with van der Waals surface area (Å²) in [6, 6.07) is 56.7. The summed E-state index contributed by atoms with van der Waals surface area (Å²) in [5, 5.41) is 2.55. The number of thiophene rings is 2. The molecule has 284 valence electrons. The topological polar surface area (TPSA) is 24.9 Å². The summed E-state index contributed by atoms with van der Waals surface area (Å²) in [7, 11) is 0. The summed E-state index contributed by atoms with van der Waals surface area (Å²) < 4.78 is 14.8. The molecule has 0 atom stereocenters. The van der Waals surface area contributed by atoms with E-state index in [-0.39, 0.29) is 18.9 Å². The third-order valence-corrected chi connectivity index (χ3v) is 14.6. The average Bonchev–Trinajstić information content (AvgIpc) is 4.01. The molecule has 0 spiro atoms. The van der Waals surface area contributed by atoms with Gasteiger partial charge >= 0.3 is 0 Å². The Labute approximate surface area is 352 Å². The normalized spacial score (nSPS) is 13.9. The number of anilines is 6. The first-order valence-corrected chi connectivity index (χ1v) is 21.9. The minimum Gasteiger partial charge on any atom is -0.454 e. The largest absolute Gasteiger partial charge is 0.454 e. The number of hydrogen-bond acceptors (Lipinski definition) is 6. The zero-order chi connectivity index (χ0) is 39.6. The highest BCUT2D eigenvalue weighted by Gasteiger charge is 2.44. The third-order valence-electron chi connectivity index (χ3n) is 12.2. The van der Waals surface area contributed by atoms with E-state index in [9.17, 15) is 0 Å². The van der Waals surface area contributed by atoms with Gasteiger partial charge in [-0.15, -0.1) is 22.7 Å². The highest BCUT2D eigenvalue weighted by molar-refractivity contribution is 7.22. The molecule has 0 fully saturated rings. The van der Waals surface area contributed by atoms with Crippen molar-refractivity contribution in [3.8, 4) is 32.4 Å². The second kappa shape index (κ2) is 12.9. The van der Waals surface area contributed by atoms with Crippen LogP contribution in [0.2, 0.25) is 0 Å². The lowest BCUT2D eigenvalue weighted by molar-refractivity contribution is 0.174. The van der Waals surface area contributed by atoms with Gasteiger partial charge in [0.25, 0.3) is 6.71 Å². The minimum absolute atomic E-state index is 0.0383. The standard InChI is InChI=1S/C52H39BN2O2S2/c1-31-22-43-51-44(23-31)55(38-13-9-12-32(24-38)49-26-33-10-5-7-14-47(33)58-49)41-25-35(50-27-34-11-6-8-15-48(34)59-50)16-21-39(41)53(51)40-28-45-46(57-30-56-45)29-42(40)54(43)37-19-17-36(18-20-37)52(2,3)4/h5-29H,30H2,1-4H3. The average molecular weight is 799 g/mol. The van der Waals surface area contributed by atoms with Crippen molar-refractivity contribution in [3.63, 3.8) is 0 Å². The van der Waals surface area contributed by atoms with Gasteiger partial charge in [0.15, 0.2) is 11.5 Å². The summed E-state index contributed by atoms with van der Waals surface area (Å²) in [5.41, 5.74) is 15.7. The molecule has 3 aliphatic rings. The van der Waals surface area contributed by atoms with E-state index in [1.54, 1.807) is 0 Å². The lowest BCUT2D eigenvalue weighted by atomic mass is 9.33. The summed E-state index contributed by atoms with van der Waals surface area (Å²) in [4.78, 5) is 7.52. The maximum absolute atomic E-state index is 6.12. The van der Waals surface area contributed by atoms with E-state index in [1.165, 1.54) is 85.6 Å². The van der Waals surface area contributed by atoms with Crippen molar-refractivity contribution in [2.24, 2.45) is 0 Å². The van der Waals surface area contributed by atoms with Crippen LogP contribution in [0, 0.1) is 6.92 Å². The van der Waals surface area contributed by atoms with Crippen LogP contribution >= 0.6 is 22.7 Å². The second-order valence-electron chi connectivity index (χ2n) is 17.0. The maximum Gasteiger partial charge on any atom is 0.252 e. The molecule has 0 amide bonds. The SMILES string of the molecule is Cc1cc2c3c(c1)N(c1ccc(C(C)(C)C)cc1)c1cc4c(cc1B3c1ccc(-c3cc5ccccc5s3)cc1N2c1cccc(-c2cc3ccccc3s2)c1)OCO4. The van der Waals surface area contributed by atoms with Gasteiger partial charge in [-0.3, -0.25) is 0 Å². The van der Waals surface area contributed by atoms with Crippen LogP contribution in [0.4, 0.5) is 34.1 Å². The van der Waals surface area contributed by atoms with Crippen molar-refractivity contribution >= 4 is 100 Å². The molecule has 0 aliphatic carbocycles. The Kier molecular flexibility index (Phi) is 7.57. The van der Waals surface area contributed by atoms with Gasteiger partial charge < -0.3 is 19.3 Å². The fraction of sp³-hybridized carbons (Fsp3) is 0.115. The Hall–Kier alpha value is -6.28. The first-order chi connectivity index (χ1) is 28.7. The molecule has 9 aromatic rings. The Morgan fingerprint density at radius 3 is 1.80 bits per heavy atom. The molecule has 5 heterocycles. The van der Waals surface area contributed by atoms with Gasteiger partial charge in [0.2, 0.25) is 6.79 Å². The maximum atomic E-state index is 6.12. The van der Waals surface area contributed by atoms with Gasteiger partial charge in [-0.25, -0.2) is 0 Å². The summed E-state index contributed by atoms with van der Waals surface area (Å²) in [6.45, 7) is 9.23. The van der Waals surface area contributed by atoms with Crippen molar-refractivity contribution in [2.75, 3.05) is 16.6 Å². The Morgan fingerprint density at radius 2 is 1.14 bits per heavy atom. The van der Waals surface area contributed by atoms with Crippen LogP contribution in [0.1, 0.15) is 31.9 Å². The Morgan fingerprint density at radius 1 is 0.525 bits per heavy atom. The third kappa shape index (κ3) is 5.48. The van der Waals surface area contributed by atoms with Crippen molar-refractivity contribution in [1.29, 1.82) is 0 Å². The van der Waals surface area contributed by atoms with Crippen LogP contribution < -0.4 is 35.7 Å². The van der Waals surface area contributed by atoms with Crippen LogP contribution in [-0.2, 0) is 5.41 Å². The van der Waals surface area contributed by atoms with E-state index in [2.05, 4.69) is 189 Å². The van der Waals surface area contributed by atoms with Crippen molar-refractivity contribution in [1.82, 2.24) is 0 Å². The van der Waals surface area contributed by atoms with Gasteiger partial charge in [0.05, 0.1) is 0 Å². The molecule has 0 unspecified atom stereocenters. The van der Waals surface area contributed by atoms with Crippen LogP contribution in [-0.4, -0.2) is 13.5 Å². The highest BCUT2D eigenvalue weighted by atomic mass is 32.1. The summed E-state index contributed by atoms with van der Waals surface area (Å²) in [5.74, 6) is 1.58. The molecule has 12 rings (SSSR count). The summed E-state index contributed by atoms with van der Waals surface area (Å²) >= 11 is 3.71. The van der Waals surface area contributed by atoms with Gasteiger partial charge in [0.1, 0.15) is 0 Å². The van der Waals surface area contributed by atoms with Gasteiger partial charge in [-0.05, 0) is 135 Å². The van der Waals surface area contributed by atoms with E-state index < -0.39 is 0 Å². The van der Waals surface area contributed by atoms with Crippen molar-refractivity contribution in [2.45, 2.75) is 33.1 Å². The van der Waals surface area contributed by atoms with Crippen LogP contribution in [0.25, 0.3) is 41.1 Å². The lowest BCUT2D eigenvalue weighted by Crippen LogP contribution is -2.61. The lowest BCUT2D eigenvalue weighted by Gasteiger charge is -2.44. The molecule has 2 aromatic heterocycles. The molecule has 0 saturated carbocycles. The van der Waals surface area contributed by atoms with E-state index in [1.807, 2.05) is 22.7 Å². The van der Waals surface area contributed by atoms with Crippen LogP contribution in [0.15, 0.2) is 152 Å². The summed E-state index contributed by atoms with van der Waals surface area (Å²) in [6.07, 6.45) is 0. The molecule has 7 heteroatoms. The van der Waals surface area contributed by atoms with E-state index in [0.29, 0.717) is 0 Å². The molecular formula is C52H39BN2O2S2. The monoisotopic (exact) mass is 798 g/mol. The molecule has 0 saturated heterocycles. The number of benzene rings is 7. The van der Waals surface area contributed by atoms with Gasteiger partial charge in [-0.2, -0.15) is 0 Å². The minimum atomic E-state index is -0.0383. The number of rotatable bonds is 4.